The van der Waals surface area contributed by atoms with E-state index in [0.717, 1.165) is 0 Å². The van der Waals surface area contributed by atoms with Gasteiger partial charge in [-0.2, -0.15) is 0 Å². The lowest BCUT2D eigenvalue weighted by molar-refractivity contribution is 0.362. The molecular formula is C13H22ClFN2O2S. The first-order valence-corrected chi connectivity index (χ1v) is 7.79. The summed E-state index contributed by atoms with van der Waals surface area (Å²) in [6.07, 6.45) is 1.10. The van der Waals surface area contributed by atoms with Gasteiger partial charge in [0.15, 0.2) is 0 Å². The van der Waals surface area contributed by atoms with Crippen LogP contribution < -0.4 is 10.5 Å². The molecule has 7 heteroatoms. The minimum absolute atomic E-state index is 0. The number of nitrogens with two attached hydrogens (primary N) is 1. The second-order valence-corrected chi connectivity index (χ2v) is 6.33. The average molecular weight is 325 g/mol. The molecule has 1 aromatic carbocycles. The van der Waals surface area contributed by atoms with Gasteiger partial charge >= 0.3 is 0 Å². The minimum atomic E-state index is -3.91. The number of hydrogen-bond donors (Lipinski definition) is 2. The molecule has 0 radical (unpaired) electrons. The summed E-state index contributed by atoms with van der Waals surface area (Å²) in [6, 6.07) is 4.32. The number of rotatable bonds is 6. The lowest BCUT2D eigenvalue weighted by Gasteiger charge is -2.31. The molecule has 0 saturated carbocycles. The second-order valence-electron chi connectivity index (χ2n) is 4.68. The third-order valence-corrected chi connectivity index (χ3v) is 5.14. The van der Waals surface area contributed by atoms with Crippen LogP contribution in [0.3, 0.4) is 0 Å². The Kier molecular flexibility index (Phi) is 7.10. The van der Waals surface area contributed by atoms with Gasteiger partial charge < -0.3 is 5.73 Å². The molecule has 0 fully saturated rings. The van der Waals surface area contributed by atoms with E-state index in [4.69, 9.17) is 5.73 Å². The van der Waals surface area contributed by atoms with Gasteiger partial charge in [0.2, 0.25) is 10.0 Å². The van der Waals surface area contributed by atoms with E-state index in [-0.39, 0.29) is 23.8 Å². The molecule has 3 N–H and O–H groups in total. The van der Waals surface area contributed by atoms with Gasteiger partial charge in [-0.3, -0.25) is 0 Å². The van der Waals surface area contributed by atoms with Crippen LogP contribution in [0.1, 0.15) is 32.3 Å². The van der Waals surface area contributed by atoms with E-state index in [0.29, 0.717) is 18.4 Å². The molecule has 0 atom stereocenters. The highest BCUT2D eigenvalue weighted by atomic mass is 35.5. The molecule has 116 valence electrons. The fourth-order valence-electron chi connectivity index (χ4n) is 1.89. The molecule has 1 rings (SSSR count). The summed E-state index contributed by atoms with van der Waals surface area (Å²) in [5.41, 5.74) is 5.23. The molecule has 0 aromatic heterocycles. The fourth-order valence-corrected chi connectivity index (χ4v) is 3.60. The summed E-state index contributed by atoms with van der Waals surface area (Å²) < 4.78 is 41.1. The number of aryl methyl sites for hydroxylation is 1. The minimum Gasteiger partial charge on any atom is -0.329 e. The second kappa shape index (κ2) is 7.36. The van der Waals surface area contributed by atoms with Gasteiger partial charge in [0.05, 0.1) is 0 Å². The number of sulfonamides is 1. The van der Waals surface area contributed by atoms with E-state index >= 15 is 0 Å². The Morgan fingerprint density at radius 2 is 1.85 bits per heavy atom. The van der Waals surface area contributed by atoms with Crippen molar-refractivity contribution in [1.29, 1.82) is 0 Å². The average Bonchev–Trinajstić information content (AvgIpc) is 2.39. The Morgan fingerprint density at radius 1 is 1.30 bits per heavy atom. The van der Waals surface area contributed by atoms with Gasteiger partial charge in [-0.15, -0.1) is 12.4 Å². The van der Waals surface area contributed by atoms with Crippen LogP contribution in [0.5, 0.6) is 0 Å². The van der Waals surface area contributed by atoms with E-state index in [1.54, 1.807) is 0 Å². The molecule has 4 nitrogen and oxygen atoms in total. The Labute approximate surface area is 126 Å². The summed E-state index contributed by atoms with van der Waals surface area (Å²) >= 11 is 0. The summed E-state index contributed by atoms with van der Waals surface area (Å²) in [7, 11) is -3.91. The summed E-state index contributed by atoms with van der Waals surface area (Å²) in [6.45, 7) is 5.41. The first-order valence-electron chi connectivity index (χ1n) is 6.31. The van der Waals surface area contributed by atoms with Crippen molar-refractivity contribution in [3.63, 3.8) is 0 Å². The molecule has 0 aliphatic heterocycles. The topological polar surface area (TPSA) is 72.2 Å². The molecule has 0 bridgehead atoms. The molecule has 0 spiro atoms. The fraction of sp³-hybridized carbons (Fsp3) is 0.538. The lowest BCUT2D eigenvalue weighted by Crippen LogP contribution is -2.52. The molecule has 0 heterocycles. The Balaban J connectivity index is 0.00000361. The number of halogens is 2. The van der Waals surface area contributed by atoms with Crippen molar-refractivity contribution in [2.75, 3.05) is 6.54 Å². The van der Waals surface area contributed by atoms with Crippen molar-refractivity contribution in [2.24, 2.45) is 5.73 Å². The van der Waals surface area contributed by atoms with Crippen LogP contribution in [-0.2, 0) is 10.0 Å². The van der Waals surface area contributed by atoms with Gasteiger partial charge in [0.1, 0.15) is 10.7 Å². The van der Waals surface area contributed by atoms with Crippen LogP contribution in [-0.4, -0.2) is 20.5 Å². The van der Waals surface area contributed by atoms with Crippen LogP contribution in [0.25, 0.3) is 0 Å². The Hall–Kier alpha value is -0.690. The highest BCUT2D eigenvalue weighted by molar-refractivity contribution is 7.89. The highest BCUT2D eigenvalue weighted by Gasteiger charge is 2.32. The van der Waals surface area contributed by atoms with Gasteiger partial charge in [0, 0.05) is 12.1 Å². The van der Waals surface area contributed by atoms with Crippen LogP contribution in [0.15, 0.2) is 23.1 Å². The zero-order chi connectivity index (χ0) is 14.7. The SMILES string of the molecule is CCC(CC)(CN)NS(=O)(=O)c1cccc(C)c1F.Cl. The first-order chi connectivity index (χ1) is 8.82. The largest absolute Gasteiger partial charge is 0.329 e. The van der Waals surface area contributed by atoms with Crippen molar-refractivity contribution >= 4 is 22.4 Å². The van der Waals surface area contributed by atoms with Crippen molar-refractivity contribution in [1.82, 2.24) is 4.72 Å². The van der Waals surface area contributed by atoms with Gasteiger partial charge in [-0.25, -0.2) is 17.5 Å². The van der Waals surface area contributed by atoms with E-state index in [1.165, 1.54) is 25.1 Å². The molecule has 0 aliphatic carbocycles. The predicted octanol–water partition coefficient (Wildman–Crippen LogP) is 2.35. The van der Waals surface area contributed by atoms with Crippen molar-refractivity contribution in [3.8, 4) is 0 Å². The van der Waals surface area contributed by atoms with Crippen molar-refractivity contribution in [3.05, 3.63) is 29.6 Å². The third kappa shape index (κ3) is 3.91. The maximum atomic E-state index is 13.9. The van der Waals surface area contributed by atoms with E-state index in [9.17, 15) is 12.8 Å². The van der Waals surface area contributed by atoms with E-state index < -0.39 is 21.4 Å². The molecule has 0 amide bonds. The Morgan fingerprint density at radius 3 is 2.30 bits per heavy atom. The molecule has 1 aromatic rings. The third-order valence-electron chi connectivity index (χ3n) is 3.54. The van der Waals surface area contributed by atoms with Crippen LogP contribution in [0.2, 0.25) is 0 Å². The molecule has 0 saturated heterocycles. The number of benzene rings is 1. The smallest absolute Gasteiger partial charge is 0.244 e. The normalized spacial score (nSPS) is 12.1. The molecule has 20 heavy (non-hydrogen) atoms. The summed E-state index contributed by atoms with van der Waals surface area (Å²) in [4.78, 5) is -0.327. The van der Waals surface area contributed by atoms with Gasteiger partial charge in [-0.1, -0.05) is 26.0 Å². The maximum absolute atomic E-state index is 13.9. The van der Waals surface area contributed by atoms with Crippen LogP contribution >= 0.6 is 12.4 Å². The quantitative estimate of drug-likeness (QED) is 0.843. The van der Waals surface area contributed by atoms with E-state index in [1.807, 2.05) is 13.8 Å². The molecular weight excluding hydrogens is 303 g/mol. The Bertz CT molecular complexity index is 537. The number of nitrogens with one attached hydrogen (secondary N) is 1. The van der Waals surface area contributed by atoms with Gasteiger partial charge in [-0.05, 0) is 31.4 Å². The maximum Gasteiger partial charge on any atom is 0.244 e. The highest BCUT2D eigenvalue weighted by Crippen LogP contribution is 2.22. The zero-order valence-electron chi connectivity index (χ0n) is 11.9. The van der Waals surface area contributed by atoms with Crippen molar-refractivity contribution < 1.29 is 12.8 Å². The van der Waals surface area contributed by atoms with Crippen molar-refractivity contribution in [2.45, 2.75) is 44.0 Å². The molecule has 0 unspecified atom stereocenters. The first kappa shape index (κ1) is 19.3. The summed E-state index contributed by atoms with van der Waals surface area (Å²) in [5, 5.41) is 0. The summed E-state index contributed by atoms with van der Waals surface area (Å²) in [5.74, 6) is -0.715. The van der Waals surface area contributed by atoms with Crippen LogP contribution in [0.4, 0.5) is 4.39 Å². The molecule has 0 aliphatic rings. The standard InChI is InChI=1S/C13H21FN2O2S.ClH/c1-4-13(5-2,9-15)16-19(17,18)11-8-6-7-10(3)12(11)14;/h6-8,16H,4-5,9,15H2,1-3H3;1H. The lowest BCUT2D eigenvalue weighted by atomic mass is 9.95. The predicted molar refractivity (Wildman–Crippen MR) is 81.1 cm³/mol. The monoisotopic (exact) mass is 324 g/mol. The van der Waals surface area contributed by atoms with Crippen LogP contribution in [0, 0.1) is 12.7 Å². The van der Waals surface area contributed by atoms with Gasteiger partial charge in [0.25, 0.3) is 0 Å². The zero-order valence-corrected chi connectivity index (χ0v) is 13.6. The van der Waals surface area contributed by atoms with E-state index in [2.05, 4.69) is 4.72 Å². The number of hydrogen-bond acceptors (Lipinski definition) is 3.